The van der Waals surface area contributed by atoms with E-state index in [-0.39, 0.29) is 23.6 Å². The van der Waals surface area contributed by atoms with E-state index in [9.17, 15) is 31.2 Å². The van der Waals surface area contributed by atoms with Gasteiger partial charge in [-0.15, -0.1) is 0 Å². The van der Waals surface area contributed by atoms with Crippen LogP contribution in [0.3, 0.4) is 0 Å². The number of aryl methyl sites for hydroxylation is 1. The summed E-state index contributed by atoms with van der Waals surface area (Å²) in [6.07, 6.45) is -0.803. The Morgan fingerprint density at radius 3 is 2.38 bits per heavy atom. The number of halogens is 3. The molecule has 208 valence electrons. The van der Waals surface area contributed by atoms with Crippen molar-refractivity contribution in [3.05, 3.63) is 59.2 Å². The topological polar surface area (TPSA) is 111 Å². The van der Waals surface area contributed by atoms with Gasteiger partial charge in [0.1, 0.15) is 0 Å². The van der Waals surface area contributed by atoms with Crippen LogP contribution in [0, 0.1) is 11.3 Å². The van der Waals surface area contributed by atoms with Crippen LogP contribution in [0.25, 0.3) is 0 Å². The number of thiocarbonyl (C=S) groups is 1. The van der Waals surface area contributed by atoms with Crippen molar-refractivity contribution in [2.24, 2.45) is 0 Å². The molecule has 0 aromatic heterocycles. The molecular formula is C26H27F3N4O4S2. The highest BCUT2D eigenvalue weighted by Gasteiger charge is 2.35. The van der Waals surface area contributed by atoms with Crippen LogP contribution in [0.5, 0.6) is 0 Å². The van der Waals surface area contributed by atoms with Gasteiger partial charge in [-0.05, 0) is 73.8 Å². The van der Waals surface area contributed by atoms with E-state index in [0.29, 0.717) is 37.9 Å². The summed E-state index contributed by atoms with van der Waals surface area (Å²) in [4.78, 5) is 27.6. The molecule has 1 heterocycles. The molecule has 0 aliphatic carbocycles. The van der Waals surface area contributed by atoms with Crippen molar-refractivity contribution >= 4 is 50.5 Å². The fraction of sp³-hybridized carbons (Fsp3) is 0.385. The summed E-state index contributed by atoms with van der Waals surface area (Å²) < 4.78 is 65.1. The van der Waals surface area contributed by atoms with Crippen molar-refractivity contribution in [2.75, 3.05) is 22.6 Å². The zero-order valence-corrected chi connectivity index (χ0v) is 22.8. The monoisotopic (exact) mass is 580 g/mol. The van der Waals surface area contributed by atoms with E-state index in [4.69, 9.17) is 17.5 Å². The lowest BCUT2D eigenvalue weighted by Crippen LogP contribution is -2.46. The van der Waals surface area contributed by atoms with Crippen molar-refractivity contribution in [2.45, 2.75) is 51.1 Å². The number of nitriles is 1. The van der Waals surface area contributed by atoms with Crippen LogP contribution in [0.15, 0.2) is 42.5 Å². The minimum Gasteiger partial charge on any atom is -0.318 e. The average Bonchev–Trinajstić information content (AvgIpc) is 2.91. The Balaban J connectivity index is 1.84. The normalized spacial score (nSPS) is 15.3. The van der Waals surface area contributed by atoms with Gasteiger partial charge in [-0.1, -0.05) is 18.6 Å². The molecule has 39 heavy (non-hydrogen) atoms. The predicted octanol–water partition coefficient (Wildman–Crippen LogP) is 4.67. The van der Waals surface area contributed by atoms with E-state index in [1.54, 1.807) is 23.1 Å². The zero-order valence-electron chi connectivity index (χ0n) is 21.1. The Morgan fingerprint density at radius 1 is 1.10 bits per heavy atom. The van der Waals surface area contributed by atoms with Crippen molar-refractivity contribution < 1.29 is 31.2 Å². The quantitative estimate of drug-likeness (QED) is 0.474. The van der Waals surface area contributed by atoms with Crippen molar-refractivity contribution in [3.63, 3.8) is 0 Å². The van der Waals surface area contributed by atoms with E-state index in [0.717, 1.165) is 35.3 Å². The minimum absolute atomic E-state index is 0.0323. The fourth-order valence-corrected chi connectivity index (χ4v) is 5.13. The predicted molar refractivity (Wildman–Crippen MR) is 144 cm³/mol. The number of carbonyl (C=O) groups excluding carboxylic acids is 2. The molecule has 1 fully saturated rings. The van der Waals surface area contributed by atoms with Crippen molar-refractivity contribution in [1.29, 1.82) is 5.26 Å². The number of anilines is 2. The van der Waals surface area contributed by atoms with Crippen LogP contribution in [0.4, 0.5) is 24.5 Å². The lowest BCUT2D eigenvalue weighted by molar-refractivity contribution is -0.137. The summed E-state index contributed by atoms with van der Waals surface area (Å²) in [5.74, 6) is -1.02. The van der Waals surface area contributed by atoms with Gasteiger partial charge in [0, 0.05) is 25.1 Å². The molecule has 0 saturated carbocycles. The van der Waals surface area contributed by atoms with Gasteiger partial charge in [0.2, 0.25) is 21.8 Å². The third-order valence-electron chi connectivity index (χ3n) is 6.05. The Hall–Kier alpha value is -3.50. The SMILES string of the molecule is CS(=O)(=O)NC(=O)CCCc1ccc(N2CCCCCC(=O)N(c3ccc(C#N)c(C(F)(F)F)c3)C2=S)cc1. The second-order valence-corrected chi connectivity index (χ2v) is 11.2. The van der Waals surface area contributed by atoms with Gasteiger partial charge < -0.3 is 4.90 Å². The number of sulfonamides is 1. The highest BCUT2D eigenvalue weighted by Crippen LogP contribution is 2.35. The molecule has 2 aromatic rings. The molecular weight excluding hydrogens is 553 g/mol. The summed E-state index contributed by atoms with van der Waals surface area (Å²) in [5.41, 5.74) is -0.222. The molecule has 1 N–H and O–H groups in total. The van der Waals surface area contributed by atoms with Crippen molar-refractivity contribution in [3.8, 4) is 6.07 Å². The maximum Gasteiger partial charge on any atom is 0.417 e. The largest absolute Gasteiger partial charge is 0.417 e. The average molecular weight is 581 g/mol. The Bertz CT molecular complexity index is 1390. The van der Waals surface area contributed by atoms with Gasteiger partial charge in [-0.2, -0.15) is 18.4 Å². The molecule has 2 aromatic carbocycles. The molecule has 1 saturated heterocycles. The van der Waals surface area contributed by atoms with Crippen LogP contribution in [0.2, 0.25) is 0 Å². The van der Waals surface area contributed by atoms with Gasteiger partial charge in [0.15, 0.2) is 5.11 Å². The smallest absolute Gasteiger partial charge is 0.318 e. The van der Waals surface area contributed by atoms with Gasteiger partial charge in [-0.3, -0.25) is 19.2 Å². The minimum atomic E-state index is -4.79. The number of hydrogen-bond donors (Lipinski definition) is 1. The van der Waals surface area contributed by atoms with Gasteiger partial charge in [0.05, 0.1) is 29.1 Å². The second kappa shape index (κ2) is 12.6. The highest BCUT2D eigenvalue weighted by molar-refractivity contribution is 7.89. The lowest BCUT2D eigenvalue weighted by Gasteiger charge is -2.32. The first-order valence-corrected chi connectivity index (χ1v) is 14.5. The molecule has 0 atom stereocenters. The van der Waals surface area contributed by atoms with E-state index < -0.39 is 39.1 Å². The van der Waals surface area contributed by atoms with Crippen LogP contribution in [-0.2, 0) is 32.2 Å². The number of hydrogen-bond acceptors (Lipinski definition) is 6. The molecule has 2 amide bonds. The maximum atomic E-state index is 13.6. The number of nitrogens with zero attached hydrogens (tertiary/aromatic N) is 3. The zero-order chi connectivity index (χ0) is 28.8. The third-order valence-corrected chi connectivity index (χ3v) is 7.05. The van der Waals surface area contributed by atoms with Gasteiger partial charge >= 0.3 is 6.18 Å². The summed E-state index contributed by atoms with van der Waals surface area (Å²) in [6, 6.07) is 11.8. The standard InChI is InChI=1S/C26H27F3N4O4S2/c1-39(36,37)31-23(34)7-5-6-18-9-12-20(13-10-18)32-15-4-2-3-8-24(35)33(25(32)38)21-14-11-19(17-30)22(16-21)26(27,28)29/h9-14,16H,2-8,15H2,1H3,(H,31,34). The van der Waals surface area contributed by atoms with Crippen LogP contribution in [0.1, 0.15) is 55.2 Å². The molecule has 3 rings (SSSR count). The first-order valence-electron chi connectivity index (χ1n) is 12.2. The summed E-state index contributed by atoms with van der Waals surface area (Å²) in [5, 5.41) is 9.17. The molecule has 0 bridgehead atoms. The van der Waals surface area contributed by atoms with Crippen molar-refractivity contribution in [1.82, 2.24) is 4.72 Å². The number of carbonyl (C=O) groups is 2. The third kappa shape index (κ3) is 8.24. The van der Waals surface area contributed by atoms with E-state index in [1.165, 1.54) is 6.07 Å². The molecule has 1 aliphatic rings. The first kappa shape index (κ1) is 30.0. The Morgan fingerprint density at radius 2 is 1.77 bits per heavy atom. The summed E-state index contributed by atoms with van der Waals surface area (Å²) in [7, 11) is -3.61. The van der Waals surface area contributed by atoms with E-state index in [1.807, 2.05) is 16.9 Å². The van der Waals surface area contributed by atoms with Crippen LogP contribution >= 0.6 is 12.2 Å². The molecule has 8 nitrogen and oxygen atoms in total. The number of benzene rings is 2. The maximum absolute atomic E-state index is 13.6. The Kier molecular flexibility index (Phi) is 9.68. The van der Waals surface area contributed by atoms with Crippen LogP contribution in [-0.4, -0.2) is 38.1 Å². The number of nitrogens with one attached hydrogen (secondary N) is 1. The second-order valence-electron chi connectivity index (χ2n) is 9.13. The summed E-state index contributed by atoms with van der Waals surface area (Å²) >= 11 is 5.66. The molecule has 0 radical (unpaired) electrons. The molecule has 0 spiro atoms. The first-order chi connectivity index (χ1) is 18.3. The highest BCUT2D eigenvalue weighted by atomic mass is 32.2. The fourth-order valence-electron chi connectivity index (χ4n) is 4.21. The Labute approximate surface area is 230 Å². The molecule has 13 heteroatoms. The van der Waals surface area contributed by atoms with Gasteiger partial charge in [0.25, 0.3) is 0 Å². The van der Waals surface area contributed by atoms with Crippen LogP contribution < -0.4 is 14.5 Å². The van der Waals surface area contributed by atoms with E-state index in [2.05, 4.69) is 0 Å². The number of rotatable bonds is 7. The number of amides is 2. The van der Waals surface area contributed by atoms with Gasteiger partial charge in [-0.25, -0.2) is 8.42 Å². The number of alkyl halides is 3. The molecule has 0 unspecified atom stereocenters. The lowest BCUT2D eigenvalue weighted by atomic mass is 10.1. The summed E-state index contributed by atoms with van der Waals surface area (Å²) in [6.45, 7) is 0.441. The molecule has 1 aliphatic heterocycles. The van der Waals surface area contributed by atoms with E-state index >= 15 is 0 Å².